The number of aliphatic imine (C=N–C) groups is 1. The summed E-state index contributed by atoms with van der Waals surface area (Å²) < 4.78 is 6.57. The lowest BCUT2D eigenvalue weighted by Gasteiger charge is -2.32. The molecule has 1 unspecified atom stereocenters. The van der Waals surface area contributed by atoms with Crippen LogP contribution < -0.4 is 5.32 Å². The van der Waals surface area contributed by atoms with Crippen LogP contribution in [0.15, 0.2) is 33.7 Å². The molecule has 0 aliphatic carbocycles. The topological polar surface area (TPSA) is 33.6 Å². The number of benzene rings is 1. The zero-order valence-electron chi connectivity index (χ0n) is 11.6. The van der Waals surface area contributed by atoms with Crippen molar-refractivity contribution in [3.05, 3.63) is 34.3 Å². The van der Waals surface area contributed by atoms with Crippen molar-refractivity contribution in [1.29, 1.82) is 0 Å². The Kier molecular flexibility index (Phi) is 4.38. The predicted molar refractivity (Wildman–Crippen MR) is 88.4 cm³/mol. The van der Waals surface area contributed by atoms with Gasteiger partial charge in [0, 0.05) is 23.4 Å². The molecule has 1 N–H and O–H groups in total. The Bertz CT molecular complexity index is 497. The SMILES string of the molecule is CC(N=C1NC2(CCOCC2)CS1)c1ccc(Br)cc1. The summed E-state index contributed by atoms with van der Waals surface area (Å²) in [7, 11) is 0. The summed E-state index contributed by atoms with van der Waals surface area (Å²) >= 11 is 5.31. The quantitative estimate of drug-likeness (QED) is 0.877. The lowest BCUT2D eigenvalue weighted by Crippen LogP contribution is -2.48. The first-order chi connectivity index (χ1) is 9.67. The van der Waals surface area contributed by atoms with Crippen LogP contribution in [0.4, 0.5) is 0 Å². The van der Waals surface area contributed by atoms with E-state index in [1.165, 1.54) is 5.56 Å². The van der Waals surface area contributed by atoms with Crippen LogP contribution in [0, 0.1) is 0 Å². The molecule has 5 heteroatoms. The van der Waals surface area contributed by atoms with Crippen LogP contribution in [-0.4, -0.2) is 29.7 Å². The molecule has 2 aliphatic heterocycles. The van der Waals surface area contributed by atoms with E-state index in [1.54, 1.807) is 0 Å². The third-order valence-corrected chi connectivity index (χ3v) is 5.68. The summed E-state index contributed by atoms with van der Waals surface area (Å²) in [5.74, 6) is 1.11. The van der Waals surface area contributed by atoms with Crippen molar-refractivity contribution in [2.45, 2.75) is 31.3 Å². The van der Waals surface area contributed by atoms with Crippen molar-refractivity contribution in [3.8, 4) is 0 Å². The highest BCUT2D eigenvalue weighted by molar-refractivity contribution is 9.10. The minimum atomic E-state index is 0.188. The van der Waals surface area contributed by atoms with Crippen molar-refractivity contribution >= 4 is 32.9 Å². The molecule has 3 nitrogen and oxygen atoms in total. The highest BCUT2D eigenvalue weighted by Crippen LogP contribution is 2.33. The molecule has 0 saturated carbocycles. The summed E-state index contributed by atoms with van der Waals surface area (Å²) in [4.78, 5) is 4.84. The molecule has 1 spiro atoms. The van der Waals surface area contributed by atoms with Gasteiger partial charge in [0.05, 0.1) is 11.6 Å². The number of rotatable bonds is 2. The molecule has 2 heterocycles. The van der Waals surface area contributed by atoms with Crippen molar-refractivity contribution < 1.29 is 4.74 Å². The fourth-order valence-corrected chi connectivity index (χ4v) is 4.16. The molecule has 108 valence electrons. The van der Waals surface area contributed by atoms with E-state index in [0.717, 1.165) is 41.4 Å². The fraction of sp³-hybridized carbons (Fsp3) is 0.533. The molecule has 1 aromatic rings. The number of hydrogen-bond acceptors (Lipinski definition) is 3. The zero-order chi connectivity index (χ0) is 14.0. The van der Waals surface area contributed by atoms with E-state index in [1.807, 2.05) is 11.8 Å². The van der Waals surface area contributed by atoms with E-state index in [9.17, 15) is 0 Å². The third kappa shape index (κ3) is 3.21. The molecule has 0 bridgehead atoms. The van der Waals surface area contributed by atoms with E-state index in [4.69, 9.17) is 9.73 Å². The van der Waals surface area contributed by atoms with Crippen LogP contribution >= 0.6 is 27.7 Å². The van der Waals surface area contributed by atoms with Gasteiger partial charge in [0.2, 0.25) is 0 Å². The van der Waals surface area contributed by atoms with Gasteiger partial charge in [0.1, 0.15) is 0 Å². The molecule has 2 fully saturated rings. The third-order valence-electron chi connectivity index (χ3n) is 3.97. The molecule has 3 rings (SSSR count). The van der Waals surface area contributed by atoms with Gasteiger partial charge in [-0.3, -0.25) is 4.99 Å². The average molecular weight is 355 g/mol. The van der Waals surface area contributed by atoms with Crippen molar-refractivity contribution in [3.63, 3.8) is 0 Å². The lowest BCUT2D eigenvalue weighted by molar-refractivity contribution is 0.0555. The largest absolute Gasteiger partial charge is 0.381 e. The highest BCUT2D eigenvalue weighted by Gasteiger charge is 2.38. The van der Waals surface area contributed by atoms with Crippen LogP contribution in [0.3, 0.4) is 0 Å². The van der Waals surface area contributed by atoms with E-state index >= 15 is 0 Å². The van der Waals surface area contributed by atoms with E-state index in [0.29, 0.717) is 0 Å². The number of thioether (sulfide) groups is 1. The van der Waals surface area contributed by atoms with E-state index in [-0.39, 0.29) is 11.6 Å². The van der Waals surface area contributed by atoms with Gasteiger partial charge in [0.15, 0.2) is 5.17 Å². The summed E-state index contributed by atoms with van der Waals surface area (Å²) in [5, 5.41) is 4.73. The Morgan fingerprint density at radius 2 is 2.00 bits per heavy atom. The predicted octanol–water partition coefficient (Wildman–Crippen LogP) is 3.75. The van der Waals surface area contributed by atoms with Crippen molar-refractivity contribution in [2.24, 2.45) is 4.99 Å². The van der Waals surface area contributed by atoms with Crippen LogP contribution in [0.5, 0.6) is 0 Å². The number of amidine groups is 1. The number of hydrogen-bond donors (Lipinski definition) is 1. The molecule has 20 heavy (non-hydrogen) atoms. The summed E-state index contributed by atoms with van der Waals surface area (Å²) in [6.07, 6.45) is 2.18. The Labute approximate surface area is 132 Å². The van der Waals surface area contributed by atoms with Crippen molar-refractivity contribution in [1.82, 2.24) is 5.32 Å². The summed E-state index contributed by atoms with van der Waals surface area (Å²) in [6.45, 7) is 3.87. The number of nitrogens with one attached hydrogen (secondary N) is 1. The van der Waals surface area contributed by atoms with Crippen LogP contribution in [-0.2, 0) is 4.74 Å². The summed E-state index contributed by atoms with van der Waals surface area (Å²) in [5.41, 5.74) is 1.47. The van der Waals surface area contributed by atoms with Gasteiger partial charge < -0.3 is 10.1 Å². The molecular weight excluding hydrogens is 336 g/mol. The summed E-state index contributed by atoms with van der Waals surface area (Å²) in [6, 6.07) is 8.58. The Morgan fingerprint density at radius 3 is 2.70 bits per heavy atom. The van der Waals surface area contributed by atoms with Gasteiger partial charge in [-0.15, -0.1) is 0 Å². The average Bonchev–Trinajstić information content (AvgIpc) is 2.83. The standard InChI is InChI=1S/C15H19BrN2OS/c1-11(12-2-4-13(16)5-3-12)17-14-18-15(10-20-14)6-8-19-9-7-15/h2-5,11H,6-10H2,1H3,(H,17,18). The number of halogens is 1. The first-order valence-corrected chi connectivity index (χ1v) is 8.77. The van der Waals surface area contributed by atoms with Gasteiger partial charge in [-0.25, -0.2) is 0 Å². The van der Waals surface area contributed by atoms with E-state index < -0.39 is 0 Å². The lowest BCUT2D eigenvalue weighted by atomic mass is 9.93. The number of ether oxygens (including phenoxy) is 1. The zero-order valence-corrected chi connectivity index (χ0v) is 14.0. The monoisotopic (exact) mass is 354 g/mol. The highest BCUT2D eigenvalue weighted by atomic mass is 79.9. The second-order valence-electron chi connectivity index (χ2n) is 5.47. The Hall–Kier alpha value is -0.520. The normalized spacial score (nSPS) is 24.8. The first-order valence-electron chi connectivity index (χ1n) is 6.99. The van der Waals surface area contributed by atoms with Gasteiger partial charge >= 0.3 is 0 Å². The Morgan fingerprint density at radius 1 is 1.30 bits per heavy atom. The molecule has 2 saturated heterocycles. The van der Waals surface area contributed by atoms with Gasteiger partial charge in [0.25, 0.3) is 0 Å². The maximum Gasteiger partial charge on any atom is 0.157 e. The second-order valence-corrected chi connectivity index (χ2v) is 7.35. The molecule has 1 aromatic carbocycles. The molecular formula is C15H19BrN2OS. The molecule has 0 amide bonds. The van der Waals surface area contributed by atoms with Crippen LogP contribution in [0.2, 0.25) is 0 Å². The fourth-order valence-electron chi connectivity index (χ4n) is 2.60. The maximum atomic E-state index is 5.46. The maximum absolute atomic E-state index is 5.46. The second kappa shape index (κ2) is 6.08. The van der Waals surface area contributed by atoms with Gasteiger partial charge in [-0.05, 0) is 37.5 Å². The Balaban J connectivity index is 1.68. The van der Waals surface area contributed by atoms with E-state index in [2.05, 4.69) is 52.4 Å². The van der Waals surface area contributed by atoms with Crippen molar-refractivity contribution in [2.75, 3.05) is 19.0 Å². The molecule has 2 aliphatic rings. The minimum absolute atomic E-state index is 0.188. The smallest absolute Gasteiger partial charge is 0.157 e. The first kappa shape index (κ1) is 14.4. The molecule has 0 aromatic heterocycles. The van der Waals surface area contributed by atoms with Crippen LogP contribution in [0.1, 0.15) is 31.4 Å². The minimum Gasteiger partial charge on any atom is -0.381 e. The van der Waals surface area contributed by atoms with Crippen LogP contribution in [0.25, 0.3) is 0 Å². The molecule has 0 radical (unpaired) electrons. The number of nitrogens with zero attached hydrogens (tertiary/aromatic N) is 1. The molecule has 1 atom stereocenters. The van der Waals surface area contributed by atoms with Gasteiger partial charge in [-0.1, -0.05) is 39.8 Å². The van der Waals surface area contributed by atoms with Gasteiger partial charge in [-0.2, -0.15) is 0 Å².